The van der Waals surface area contributed by atoms with Gasteiger partial charge in [-0.05, 0) is 60.2 Å². The molecule has 4 N–H and O–H groups in total. The molecule has 2 aliphatic carbocycles. The SMILES string of the molecule is COc1cc(F)c(-c2ccc(C(N)=O)cc2)cc1C(=O)NC1C2C=CC(C2)C1C(=O)Nc1cccc(S(=O)(=O)C(F)(F)F)c1. The molecule has 0 heterocycles. The fraction of sp³-hybridized carbons (Fsp3) is 0.233. The van der Waals surface area contributed by atoms with Gasteiger partial charge in [-0.25, -0.2) is 12.8 Å². The molecular weight excluding hydrogens is 606 g/mol. The fourth-order valence-corrected chi connectivity index (χ4v) is 6.45. The Balaban J connectivity index is 1.40. The summed E-state index contributed by atoms with van der Waals surface area (Å²) in [5.74, 6) is -4.12. The zero-order chi connectivity index (χ0) is 32.0. The van der Waals surface area contributed by atoms with Crippen LogP contribution in [0.15, 0.2) is 77.7 Å². The van der Waals surface area contributed by atoms with Gasteiger partial charge in [0.15, 0.2) is 0 Å². The number of amides is 3. The Labute approximate surface area is 249 Å². The highest BCUT2D eigenvalue weighted by atomic mass is 32.2. The summed E-state index contributed by atoms with van der Waals surface area (Å²) in [6.07, 6.45) is 4.18. The number of fused-ring (bicyclic) bond motifs is 2. The van der Waals surface area contributed by atoms with E-state index in [0.717, 1.165) is 24.3 Å². The number of alkyl halides is 3. The van der Waals surface area contributed by atoms with Crippen LogP contribution in [-0.2, 0) is 14.6 Å². The highest BCUT2D eigenvalue weighted by molar-refractivity contribution is 7.92. The van der Waals surface area contributed by atoms with Crippen LogP contribution in [0.2, 0.25) is 0 Å². The van der Waals surface area contributed by atoms with Gasteiger partial charge >= 0.3 is 5.51 Å². The molecule has 9 nitrogen and oxygen atoms in total. The predicted molar refractivity (Wildman–Crippen MR) is 151 cm³/mol. The van der Waals surface area contributed by atoms with Crippen molar-refractivity contribution >= 4 is 33.2 Å². The molecule has 3 aromatic rings. The Morgan fingerprint density at radius 3 is 2.30 bits per heavy atom. The monoisotopic (exact) mass is 631 g/mol. The average molecular weight is 632 g/mol. The number of nitrogens with one attached hydrogen (secondary N) is 2. The Bertz CT molecular complexity index is 1790. The van der Waals surface area contributed by atoms with Gasteiger partial charge in [-0.3, -0.25) is 14.4 Å². The van der Waals surface area contributed by atoms with E-state index in [1.54, 1.807) is 0 Å². The summed E-state index contributed by atoms with van der Waals surface area (Å²) in [7, 11) is -4.38. The van der Waals surface area contributed by atoms with Crippen LogP contribution < -0.4 is 21.1 Å². The third-order valence-electron chi connectivity index (χ3n) is 7.79. The summed E-state index contributed by atoms with van der Waals surface area (Å²) < 4.78 is 83.1. The number of rotatable bonds is 8. The van der Waals surface area contributed by atoms with E-state index >= 15 is 4.39 Å². The Kier molecular flexibility index (Phi) is 7.97. The molecule has 0 spiro atoms. The number of benzene rings is 3. The minimum absolute atomic E-state index is 0.0288. The van der Waals surface area contributed by atoms with Crippen molar-refractivity contribution in [2.75, 3.05) is 12.4 Å². The number of nitrogens with two attached hydrogens (primary N) is 1. The first kappa shape index (κ1) is 30.7. The van der Waals surface area contributed by atoms with Gasteiger partial charge in [-0.1, -0.05) is 30.4 Å². The van der Waals surface area contributed by atoms with Crippen molar-refractivity contribution in [3.05, 3.63) is 89.8 Å². The smallest absolute Gasteiger partial charge is 0.496 e. The quantitative estimate of drug-likeness (QED) is 0.248. The van der Waals surface area contributed by atoms with Crippen molar-refractivity contribution < 1.29 is 45.1 Å². The van der Waals surface area contributed by atoms with Gasteiger partial charge in [0.05, 0.1) is 23.5 Å². The zero-order valence-electron chi connectivity index (χ0n) is 22.9. The summed E-state index contributed by atoms with van der Waals surface area (Å²) in [4.78, 5) is 37.3. The number of carbonyl (C=O) groups is 3. The lowest BCUT2D eigenvalue weighted by atomic mass is 9.87. The van der Waals surface area contributed by atoms with Crippen molar-refractivity contribution in [3.63, 3.8) is 0 Å². The van der Waals surface area contributed by atoms with Crippen LogP contribution in [0.1, 0.15) is 27.1 Å². The third kappa shape index (κ3) is 5.64. The molecule has 3 aromatic carbocycles. The van der Waals surface area contributed by atoms with Gasteiger partial charge in [0.1, 0.15) is 11.6 Å². The maximum Gasteiger partial charge on any atom is 0.501 e. The molecule has 1 saturated carbocycles. The molecule has 1 fully saturated rings. The lowest BCUT2D eigenvalue weighted by molar-refractivity contribution is -0.121. The normalized spacial score (nSPS) is 20.8. The van der Waals surface area contributed by atoms with Crippen LogP contribution in [0.3, 0.4) is 0 Å². The molecular formula is C30H25F4N3O6S. The molecule has 0 saturated heterocycles. The molecule has 3 amide bonds. The predicted octanol–water partition coefficient (Wildman–Crippen LogP) is 4.45. The molecule has 230 valence electrons. The van der Waals surface area contributed by atoms with E-state index in [0.29, 0.717) is 12.0 Å². The van der Waals surface area contributed by atoms with Crippen LogP contribution in [0.4, 0.5) is 23.2 Å². The number of hydrogen-bond acceptors (Lipinski definition) is 6. The lowest BCUT2D eigenvalue weighted by Gasteiger charge is -2.28. The van der Waals surface area contributed by atoms with Crippen molar-refractivity contribution in [1.82, 2.24) is 5.32 Å². The van der Waals surface area contributed by atoms with Crippen LogP contribution in [0.25, 0.3) is 11.1 Å². The highest BCUT2D eigenvalue weighted by Crippen LogP contribution is 2.45. The standard InChI is InChI=1S/C30H25F4N3O6S/c1-43-24-14-23(31)21(15-5-7-16(8-6-15)27(35)38)13-22(24)28(39)37-26-18-10-9-17(11-18)25(26)29(40)36-19-3-2-4-20(12-19)44(41,42)30(32,33)34/h2-10,12-14,17-18,25-26H,11H2,1H3,(H2,35,38)(H,36,40)(H,37,39). The number of hydrogen-bond donors (Lipinski definition) is 3. The van der Waals surface area contributed by atoms with Gasteiger partial charge < -0.3 is 21.1 Å². The number of primary amides is 1. The number of halogens is 4. The van der Waals surface area contributed by atoms with Gasteiger partial charge in [0.2, 0.25) is 11.8 Å². The van der Waals surface area contributed by atoms with Crippen molar-refractivity contribution in [3.8, 4) is 16.9 Å². The first-order valence-electron chi connectivity index (χ1n) is 13.2. The molecule has 14 heteroatoms. The van der Waals surface area contributed by atoms with Gasteiger partial charge in [0.25, 0.3) is 15.7 Å². The van der Waals surface area contributed by atoms with E-state index in [4.69, 9.17) is 10.5 Å². The number of allylic oxidation sites excluding steroid dienone is 1. The second-order valence-electron chi connectivity index (χ2n) is 10.4. The van der Waals surface area contributed by atoms with Crippen LogP contribution in [0, 0.1) is 23.6 Å². The second-order valence-corrected chi connectivity index (χ2v) is 12.4. The Morgan fingerprint density at radius 1 is 0.977 bits per heavy atom. The maximum absolute atomic E-state index is 15.0. The van der Waals surface area contributed by atoms with E-state index < -0.39 is 55.7 Å². The first-order valence-corrected chi connectivity index (χ1v) is 14.7. The fourth-order valence-electron chi connectivity index (χ4n) is 5.64. The number of methoxy groups -OCH3 is 1. The maximum atomic E-state index is 15.0. The third-order valence-corrected chi connectivity index (χ3v) is 9.27. The van der Waals surface area contributed by atoms with Crippen molar-refractivity contribution in [2.45, 2.75) is 22.9 Å². The molecule has 0 aromatic heterocycles. The van der Waals surface area contributed by atoms with Gasteiger partial charge in [-0.15, -0.1) is 0 Å². The summed E-state index contributed by atoms with van der Waals surface area (Å²) >= 11 is 0. The molecule has 4 atom stereocenters. The zero-order valence-corrected chi connectivity index (χ0v) is 23.7. The summed E-state index contributed by atoms with van der Waals surface area (Å²) in [5.41, 5.74) is 0.177. The molecule has 0 radical (unpaired) electrons. The number of anilines is 1. The van der Waals surface area contributed by atoms with Gasteiger partial charge in [0, 0.05) is 28.9 Å². The lowest BCUT2D eigenvalue weighted by Crippen LogP contribution is -2.47. The van der Waals surface area contributed by atoms with E-state index in [1.807, 2.05) is 12.2 Å². The summed E-state index contributed by atoms with van der Waals surface area (Å²) in [5, 5.41) is 5.32. The molecule has 0 aliphatic heterocycles. The molecule has 44 heavy (non-hydrogen) atoms. The van der Waals surface area contributed by atoms with Crippen LogP contribution in [-0.4, -0.2) is 44.8 Å². The minimum Gasteiger partial charge on any atom is -0.496 e. The summed E-state index contributed by atoms with van der Waals surface area (Å²) in [6, 6.07) is 11.2. The van der Waals surface area contributed by atoms with Crippen molar-refractivity contribution in [1.29, 1.82) is 0 Å². The minimum atomic E-state index is -5.64. The highest BCUT2D eigenvalue weighted by Gasteiger charge is 2.49. The van der Waals surface area contributed by atoms with E-state index in [1.165, 1.54) is 43.5 Å². The number of ether oxygens (including phenoxy) is 1. The second kappa shape index (κ2) is 11.4. The van der Waals surface area contributed by atoms with Crippen molar-refractivity contribution in [2.24, 2.45) is 23.5 Å². The molecule has 2 aliphatic rings. The molecule has 5 rings (SSSR count). The van der Waals surface area contributed by atoms with Gasteiger partial charge in [-0.2, -0.15) is 13.2 Å². The first-order chi connectivity index (χ1) is 20.7. The Morgan fingerprint density at radius 2 is 1.66 bits per heavy atom. The van der Waals surface area contributed by atoms with E-state index in [9.17, 15) is 36.0 Å². The number of carbonyl (C=O) groups excluding carboxylic acids is 3. The van der Waals surface area contributed by atoms with Crippen LogP contribution >= 0.6 is 0 Å². The molecule has 4 unspecified atom stereocenters. The average Bonchev–Trinajstić information content (AvgIpc) is 3.58. The van der Waals surface area contributed by atoms with Crippen LogP contribution in [0.5, 0.6) is 5.75 Å². The number of sulfone groups is 1. The Hall–Kier alpha value is -4.72. The van der Waals surface area contributed by atoms with E-state index in [-0.39, 0.29) is 40.0 Å². The molecule has 2 bridgehead atoms. The largest absolute Gasteiger partial charge is 0.501 e. The topological polar surface area (TPSA) is 145 Å². The van der Waals surface area contributed by atoms with E-state index in [2.05, 4.69) is 10.6 Å². The summed E-state index contributed by atoms with van der Waals surface area (Å²) in [6.45, 7) is 0.